The molecule has 0 spiro atoms. The number of hydrogen-bond donors (Lipinski definition) is 2. The normalized spacial score (nSPS) is 13.9. The summed E-state index contributed by atoms with van der Waals surface area (Å²) in [5.41, 5.74) is 2.15. The molecule has 0 aliphatic heterocycles. The molecule has 0 aliphatic rings. The largest absolute Gasteiger partial charge is 0.385 e. The molecule has 140 valence electrons. The van der Waals surface area contributed by atoms with E-state index in [1.165, 1.54) is 0 Å². The maximum absolute atomic E-state index is 10.9. The fraction of sp³-hybridized carbons (Fsp3) is 0.429. The lowest BCUT2D eigenvalue weighted by Crippen LogP contribution is -2.25. The molecule has 0 saturated heterocycles. The number of hydrogen-bond acceptors (Lipinski definition) is 3. The summed E-state index contributed by atoms with van der Waals surface area (Å²) >= 11 is 0. The van der Waals surface area contributed by atoms with Gasteiger partial charge in [0.05, 0.1) is 11.3 Å². The summed E-state index contributed by atoms with van der Waals surface area (Å²) in [4.78, 5) is 7.78. The Kier molecular flexibility index (Phi) is 5.71. The summed E-state index contributed by atoms with van der Waals surface area (Å²) in [5, 5.41) is 15.1. The monoisotopic (exact) mass is 354 g/mol. The molecule has 0 fully saturated rings. The van der Waals surface area contributed by atoms with Crippen LogP contribution < -0.4 is 0 Å². The molecule has 0 radical (unpaired) electrons. The molecule has 1 aromatic carbocycles. The highest BCUT2D eigenvalue weighted by Gasteiger charge is 2.25. The minimum Gasteiger partial charge on any atom is -0.385 e. The van der Waals surface area contributed by atoms with Crippen molar-refractivity contribution in [3.63, 3.8) is 0 Å². The van der Waals surface area contributed by atoms with Crippen molar-refractivity contribution in [2.24, 2.45) is 5.41 Å². The molecule has 2 heterocycles. The summed E-state index contributed by atoms with van der Waals surface area (Å²) in [6.45, 7) is 8.42. The topological polar surface area (TPSA) is 66.7 Å². The van der Waals surface area contributed by atoms with E-state index >= 15 is 0 Å². The molecular weight excluding hydrogens is 324 g/mol. The van der Waals surface area contributed by atoms with E-state index < -0.39 is 5.60 Å². The number of nitrogens with one attached hydrogen (secondary N) is 1. The third-order valence-corrected chi connectivity index (χ3v) is 4.17. The SMILES string of the molecule is C.CC(C)(C)Cc1cnc(CC(C)(O)c2ccc(-n3cccn3)cc2)[nH]1. The Bertz CT molecular complexity index is 809. The van der Waals surface area contributed by atoms with E-state index in [9.17, 15) is 5.11 Å². The fourth-order valence-corrected chi connectivity index (χ4v) is 2.98. The average Bonchev–Trinajstić information content (AvgIpc) is 3.17. The van der Waals surface area contributed by atoms with Crippen LogP contribution in [-0.4, -0.2) is 24.9 Å². The standard InChI is InChI=1S/C20H26N4O.CH4/c1-19(2,3)12-16-14-21-18(23-16)13-20(4,25)15-6-8-17(9-7-15)24-11-5-10-22-24;/h5-11,14,25H,12-13H2,1-4H3,(H,21,23);1H4. The third kappa shape index (κ3) is 4.82. The number of aromatic nitrogens is 4. The van der Waals surface area contributed by atoms with Crippen molar-refractivity contribution in [3.05, 3.63) is 66.0 Å². The molecule has 1 unspecified atom stereocenters. The summed E-state index contributed by atoms with van der Waals surface area (Å²) in [6.07, 6.45) is 6.89. The van der Waals surface area contributed by atoms with Gasteiger partial charge in [0.25, 0.3) is 0 Å². The second kappa shape index (κ2) is 7.46. The first-order valence-electron chi connectivity index (χ1n) is 8.59. The molecule has 0 bridgehead atoms. The average molecular weight is 354 g/mol. The van der Waals surface area contributed by atoms with E-state index in [1.807, 2.05) is 49.6 Å². The molecule has 5 nitrogen and oxygen atoms in total. The summed E-state index contributed by atoms with van der Waals surface area (Å²) in [5.74, 6) is 0.806. The summed E-state index contributed by atoms with van der Waals surface area (Å²) < 4.78 is 1.80. The van der Waals surface area contributed by atoms with Gasteiger partial charge in [-0.1, -0.05) is 40.3 Å². The number of aliphatic hydroxyl groups is 1. The molecule has 5 heteroatoms. The second-order valence-corrected chi connectivity index (χ2v) is 8.04. The van der Waals surface area contributed by atoms with E-state index in [1.54, 1.807) is 10.9 Å². The van der Waals surface area contributed by atoms with Crippen LogP contribution in [0.15, 0.2) is 48.9 Å². The van der Waals surface area contributed by atoms with Crippen molar-refractivity contribution in [2.45, 2.75) is 53.6 Å². The molecule has 3 rings (SSSR count). The van der Waals surface area contributed by atoms with Crippen molar-refractivity contribution < 1.29 is 5.11 Å². The van der Waals surface area contributed by atoms with Crippen LogP contribution in [-0.2, 0) is 18.4 Å². The quantitative estimate of drug-likeness (QED) is 0.719. The lowest BCUT2D eigenvalue weighted by atomic mass is 9.91. The molecule has 1 atom stereocenters. The van der Waals surface area contributed by atoms with Gasteiger partial charge in [0, 0.05) is 30.7 Å². The van der Waals surface area contributed by atoms with Gasteiger partial charge >= 0.3 is 0 Å². The molecule has 2 N–H and O–H groups in total. The van der Waals surface area contributed by atoms with Gasteiger partial charge in [-0.15, -0.1) is 0 Å². The second-order valence-electron chi connectivity index (χ2n) is 8.04. The minimum atomic E-state index is -0.987. The summed E-state index contributed by atoms with van der Waals surface area (Å²) in [6, 6.07) is 9.69. The summed E-state index contributed by atoms with van der Waals surface area (Å²) in [7, 11) is 0. The van der Waals surface area contributed by atoms with E-state index in [-0.39, 0.29) is 12.8 Å². The number of nitrogens with zero attached hydrogens (tertiary/aromatic N) is 3. The molecule has 2 aromatic heterocycles. The van der Waals surface area contributed by atoms with E-state index in [2.05, 4.69) is 35.8 Å². The lowest BCUT2D eigenvalue weighted by Gasteiger charge is -2.23. The molecule has 0 amide bonds. The van der Waals surface area contributed by atoms with Gasteiger partial charge in [0.15, 0.2) is 0 Å². The maximum atomic E-state index is 10.9. The number of rotatable bonds is 5. The van der Waals surface area contributed by atoms with E-state index in [0.29, 0.717) is 6.42 Å². The zero-order chi connectivity index (χ0) is 18.1. The first kappa shape index (κ1) is 19.9. The van der Waals surface area contributed by atoms with Crippen LogP contribution in [0.5, 0.6) is 0 Å². The van der Waals surface area contributed by atoms with Crippen LogP contribution in [0, 0.1) is 5.41 Å². The van der Waals surface area contributed by atoms with Gasteiger partial charge in [0.1, 0.15) is 5.82 Å². The van der Waals surface area contributed by atoms with Gasteiger partial charge in [-0.05, 0) is 42.5 Å². The smallest absolute Gasteiger partial charge is 0.109 e. The zero-order valence-corrected chi connectivity index (χ0v) is 15.3. The Morgan fingerprint density at radius 3 is 2.35 bits per heavy atom. The van der Waals surface area contributed by atoms with Gasteiger partial charge in [-0.25, -0.2) is 9.67 Å². The van der Waals surface area contributed by atoms with Crippen LogP contribution >= 0.6 is 0 Å². The van der Waals surface area contributed by atoms with Gasteiger partial charge < -0.3 is 10.1 Å². The number of aromatic amines is 1. The highest BCUT2D eigenvalue weighted by Crippen LogP contribution is 2.26. The van der Waals surface area contributed by atoms with Gasteiger partial charge in [-0.2, -0.15) is 5.10 Å². The molecule has 26 heavy (non-hydrogen) atoms. The van der Waals surface area contributed by atoms with Crippen LogP contribution in [0.3, 0.4) is 0 Å². The highest BCUT2D eigenvalue weighted by atomic mass is 16.3. The molecule has 0 aliphatic carbocycles. The van der Waals surface area contributed by atoms with Crippen LogP contribution in [0.4, 0.5) is 0 Å². The van der Waals surface area contributed by atoms with Crippen LogP contribution in [0.25, 0.3) is 5.69 Å². The van der Waals surface area contributed by atoms with Crippen molar-refractivity contribution in [1.29, 1.82) is 0 Å². The van der Waals surface area contributed by atoms with Crippen molar-refractivity contribution in [1.82, 2.24) is 19.7 Å². The Hall–Kier alpha value is -2.40. The fourth-order valence-electron chi connectivity index (χ4n) is 2.98. The minimum absolute atomic E-state index is 0. The third-order valence-electron chi connectivity index (χ3n) is 4.17. The Morgan fingerprint density at radius 1 is 1.08 bits per heavy atom. The zero-order valence-electron chi connectivity index (χ0n) is 15.3. The Labute approximate surface area is 156 Å². The number of benzene rings is 1. The van der Waals surface area contributed by atoms with Gasteiger partial charge in [-0.3, -0.25) is 0 Å². The number of H-pyrrole nitrogens is 1. The van der Waals surface area contributed by atoms with Crippen LogP contribution in [0.2, 0.25) is 0 Å². The van der Waals surface area contributed by atoms with Crippen molar-refractivity contribution >= 4 is 0 Å². The predicted octanol–water partition coefficient (Wildman–Crippen LogP) is 4.27. The maximum Gasteiger partial charge on any atom is 0.109 e. The van der Waals surface area contributed by atoms with E-state index in [0.717, 1.165) is 29.2 Å². The lowest BCUT2D eigenvalue weighted by molar-refractivity contribution is 0.0556. The first-order chi connectivity index (χ1) is 11.7. The van der Waals surface area contributed by atoms with Gasteiger partial charge in [0.2, 0.25) is 0 Å². The Morgan fingerprint density at radius 2 is 1.77 bits per heavy atom. The van der Waals surface area contributed by atoms with Crippen molar-refractivity contribution in [2.75, 3.05) is 0 Å². The molecule has 0 saturated carbocycles. The Balaban J connectivity index is 0.00000243. The van der Waals surface area contributed by atoms with Crippen LogP contribution in [0.1, 0.15) is 52.2 Å². The van der Waals surface area contributed by atoms with E-state index in [4.69, 9.17) is 0 Å². The first-order valence-corrected chi connectivity index (χ1v) is 8.59. The predicted molar refractivity (Wildman–Crippen MR) is 105 cm³/mol. The molecule has 3 aromatic rings. The highest BCUT2D eigenvalue weighted by molar-refractivity contribution is 5.36. The molecular formula is C21H30N4O. The van der Waals surface area contributed by atoms with Crippen molar-refractivity contribution in [3.8, 4) is 5.69 Å². The number of imidazole rings is 1.